The number of benzene rings is 1. The van der Waals surface area contributed by atoms with Crippen molar-refractivity contribution in [2.75, 3.05) is 0 Å². The summed E-state index contributed by atoms with van der Waals surface area (Å²) in [5.74, 6) is 0. The number of nitrogens with one attached hydrogen (secondary N) is 1. The third-order valence-electron chi connectivity index (χ3n) is 2.71. The maximum atomic E-state index is 8.76. The molecule has 88 valence electrons. The fourth-order valence-corrected chi connectivity index (χ4v) is 3.47. The van der Waals surface area contributed by atoms with Crippen molar-refractivity contribution in [2.24, 2.45) is 0 Å². The Labute approximate surface area is 116 Å². The average molecular weight is 318 g/mol. The molecule has 1 N–H and O–H groups in total. The molecular formula is C13H8BrN3S. The summed E-state index contributed by atoms with van der Waals surface area (Å²) in [5.41, 5.74) is 2.18. The van der Waals surface area contributed by atoms with Gasteiger partial charge in [0.15, 0.2) is 0 Å². The molecule has 1 aromatic carbocycles. The van der Waals surface area contributed by atoms with Crippen LogP contribution >= 0.6 is 27.3 Å². The van der Waals surface area contributed by atoms with E-state index in [1.807, 2.05) is 24.4 Å². The zero-order valence-electron chi connectivity index (χ0n) is 9.27. The smallest absolute Gasteiger partial charge is 0.127 e. The number of rotatable bonds is 2. The Balaban J connectivity index is 2.15. The molecule has 0 amide bonds. The first-order chi connectivity index (χ1) is 8.79. The van der Waals surface area contributed by atoms with Gasteiger partial charge in [-0.15, -0.1) is 11.3 Å². The molecule has 0 aliphatic carbocycles. The number of nitriles is 1. The highest BCUT2D eigenvalue weighted by Crippen LogP contribution is 2.35. The van der Waals surface area contributed by atoms with Gasteiger partial charge in [-0.25, -0.2) is 4.98 Å². The van der Waals surface area contributed by atoms with Crippen LogP contribution in [-0.4, -0.2) is 9.97 Å². The Bertz CT molecular complexity index is 751. The lowest BCUT2D eigenvalue weighted by Gasteiger charge is -1.92. The molecule has 3 rings (SSSR count). The number of thiazole rings is 1. The van der Waals surface area contributed by atoms with Crippen LogP contribution in [0.15, 0.2) is 35.1 Å². The number of halogens is 1. The first-order valence-electron chi connectivity index (χ1n) is 5.38. The molecule has 2 heterocycles. The van der Waals surface area contributed by atoms with Gasteiger partial charge < -0.3 is 4.98 Å². The van der Waals surface area contributed by atoms with Crippen LogP contribution in [0.1, 0.15) is 4.88 Å². The van der Waals surface area contributed by atoms with Crippen molar-refractivity contribution in [3.8, 4) is 16.6 Å². The van der Waals surface area contributed by atoms with Crippen molar-refractivity contribution in [2.45, 2.75) is 6.42 Å². The van der Waals surface area contributed by atoms with E-state index in [2.05, 4.69) is 38.0 Å². The van der Waals surface area contributed by atoms with E-state index in [0.717, 1.165) is 31.0 Å². The number of aromatic nitrogens is 2. The molecule has 0 saturated heterocycles. The van der Waals surface area contributed by atoms with E-state index in [1.165, 1.54) is 0 Å². The van der Waals surface area contributed by atoms with Crippen LogP contribution in [0.5, 0.6) is 0 Å². The second kappa shape index (κ2) is 4.56. The van der Waals surface area contributed by atoms with Crippen LogP contribution in [0.2, 0.25) is 0 Å². The summed E-state index contributed by atoms with van der Waals surface area (Å²) in [5, 5.41) is 10.8. The number of hydrogen-bond donors (Lipinski definition) is 1. The fraction of sp³-hybridized carbons (Fsp3) is 0.0769. The lowest BCUT2D eigenvalue weighted by Crippen LogP contribution is -1.75. The summed E-state index contributed by atoms with van der Waals surface area (Å²) in [7, 11) is 0. The molecule has 0 unspecified atom stereocenters. The van der Waals surface area contributed by atoms with Crippen LogP contribution in [0.3, 0.4) is 0 Å². The first kappa shape index (κ1) is 11.5. The largest absolute Gasteiger partial charge is 0.360 e. The van der Waals surface area contributed by atoms with Gasteiger partial charge in [0.05, 0.1) is 17.4 Å². The Hall–Kier alpha value is -1.64. The van der Waals surface area contributed by atoms with Crippen molar-refractivity contribution >= 4 is 38.2 Å². The Morgan fingerprint density at radius 2 is 2.22 bits per heavy atom. The highest BCUT2D eigenvalue weighted by atomic mass is 79.9. The molecule has 0 saturated carbocycles. The molecule has 3 nitrogen and oxygen atoms in total. The third kappa shape index (κ3) is 1.84. The van der Waals surface area contributed by atoms with E-state index in [9.17, 15) is 0 Å². The maximum Gasteiger partial charge on any atom is 0.127 e. The standard InChI is InChI=1S/C13H8BrN3S/c14-12-11(5-6-15)18-13(17-12)9-7-16-10-4-2-1-3-8(9)10/h1-4,7,16H,5H2. The van der Waals surface area contributed by atoms with Gasteiger partial charge in [-0.2, -0.15) is 5.26 Å². The summed E-state index contributed by atoms with van der Waals surface area (Å²) < 4.78 is 0.773. The van der Waals surface area contributed by atoms with Gasteiger partial charge >= 0.3 is 0 Å². The highest BCUT2D eigenvalue weighted by Gasteiger charge is 2.13. The molecular weight excluding hydrogens is 310 g/mol. The van der Waals surface area contributed by atoms with Gasteiger partial charge in [0.25, 0.3) is 0 Å². The van der Waals surface area contributed by atoms with Crippen molar-refractivity contribution < 1.29 is 0 Å². The van der Waals surface area contributed by atoms with Crippen LogP contribution < -0.4 is 0 Å². The third-order valence-corrected chi connectivity index (χ3v) is 4.72. The SMILES string of the molecule is N#CCc1sc(-c2c[nH]c3ccccc23)nc1Br. The summed E-state index contributed by atoms with van der Waals surface area (Å²) in [6, 6.07) is 10.3. The van der Waals surface area contributed by atoms with Crippen molar-refractivity contribution in [1.29, 1.82) is 5.26 Å². The molecule has 0 aliphatic heterocycles. The van der Waals surface area contributed by atoms with Gasteiger partial charge in [-0.3, -0.25) is 0 Å². The Morgan fingerprint density at radius 3 is 3.06 bits per heavy atom. The molecule has 0 bridgehead atoms. The van der Waals surface area contributed by atoms with E-state index >= 15 is 0 Å². The molecule has 18 heavy (non-hydrogen) atoms. The second-order valence-corrected chi connectivity index (χ2v) is 5.65. The predicted molar refractivity (Wildman–Crippen MR) is 76.4 cm³/mol. The predicted octanol–water partition coefficient (Wildman–Crippen LogP) is 4.12. The van der Waals surface area contributed by atoms with Gasteiger partial charge in [-0.05, 0) is 22.0 Å². The monoisotopic (exact) mass is 317 g/mol. The van der Waals surface area contributed by atoms with Gasteiger partial charge in [0.2, 0.25) is 0 Å². The molecule has 0 radical (unpaired) electrons. The van der Waals surface area contributed by atoms with Gasteiger partial charge in [0.1, 0.15) is 9.61 Å². The highest BCUT2D eigenvalue weighted by molar-refractivity contribution is 9.10. The van der Waals surface area contributed by atoms with E-state index < -0.39 is 0 Å². The van der Waals surface area contributed by atoms with E-state index in [4.69, 9.17) is 5.26 Å². The topological polar surface area (TPSA) is 52.5 Å². The maximum absolute atomic E-state index is 8.76. The van der Waals surface area contributed by atoms with Gasteiger partial charge in [0, 0.05) is 22.7 Å². The van der Waals surface area contributed by atoms with Crippen molar-refractivity contribution in [3.05, 3.63) is 39.9 Å². The van der Waals surface area contributed by atoms with Crippen LogP contribution in [0.25, 0.3) is 21.5 Å². The number of hydrogen-bond acceptors (Lipinski definition) is 3. The molecule has 0 atom stereocenters. The number of H-pyrrole nitrogens is 1. The van der Waals surface area contributed by atoms with E-state index in [1.54, 1.807) is 11.3 Å². The lowest BCUT2D eigenvalue weighted by molar-refractivity contribution is 1.25. The van der Waals surface area contributed by atoms with E-state index in [0.29, 0.717) is 6.42 Å². The molecule has 0 fully saturated rings. The van der Waals surface area contributed by atoms with Crippen LogP contribution in [-0.2, 0) is 6.42 Å². The van der Waals surface area contributed by atoms with Gasteiger partial charge in [-0.1, -0.05) is 18.2 Å². The Morgan fingerprint density at radius 1 is 1.39 bits per heavy atom. The minimum atomic E-state index is 0.389. The number of nitrogens with zero attached hydrogens (tertiary/aromatic N) is 2. The summed E-state index contributed by atoms with van der Waals surface area (Å²) in [4.78, 5) is 8.69. The molecule has 2 aromatic heterocycles. The summed E-state index contributed by atoms with van der Waals surface area (Å²) in [6.45, 7) is 0. The minimum absolute atomic E-state index is 0.389. The molecule has 0 aliphatic rings. The van der Waals surface area contributed by atoms with Crippen molar-refractivity contribution in [1.82, 2.24) is 9.97 Å². The lowest BCUT2D eigenvalue weighted by atomic mass is 10.2. The second-order valence-electron chi connectivity index (χ2n) is 3.82. The minimum Gasteiger partial charge on any atom is -0.360 e. The van der Waals surface area contributed by atoms with Crippen LogP contribution in [0.4, 0.5) is 0 Å². The number of fused-ring (bicyclic) bond motifs is 1. The number of aromatic amines is 1. The van der Waals surface area contributed by atoms with E-state index in [-0.39, 0.29) is 0 Å². The van der Waals surface area contributed by atoms with Crippen molar-refractivity contribution in [3.63, 3.8) is 0 Å². The Kier molecular flexibility index (Phi) is 2.90. The number of para-hydroxylation sites is 1. The fourth-order valence-electron chi connectivity index (χ4n) is 1.88. The summed E-state index contributed by atoms with van der Waals surface area (Å²) in [6.07, 6.45) is 2.35. The first-order valence-corrected chi connectivity index (χ1v) is 6.99. The summed E-state index contributed by atoms with van der Waals surface area (Å²) >= 11 is 4.96. The van der Waals surface area contributed by atoms with Crippen LogP contribution in [0, 0.1) is 11.3 Å². The average Bonchev–Trinajstić information content (AvgIpc) is 2.94. The zero-order chi connectivity index (χ0) is 12.5. The quantitative estimate of drug-likeness (QED) is 0.773. The molecule has 3 aromatic rings. The zero-order valence-corrected chi connectivity index (χ0v) is 11.7. The normalized spacial score (nSPS) is 10.7. The molecule has 0 spiro atoms. The molecule has 5 heteroatoms.